The van der Waals surface area contributed by atoms with Crippen LogP contribution in [0.3, 0.4) is 0 Å². The summed E-state index contributed by atoms with van der Waals surface area (Å²) in [5.74, 6) is 1.20. The topological polar surface area (TPSA) is 42.4 Å². The lowest BCUT2D eigenvalue weighted by molar-refractivity contribution is 0.169. The van der Waals surface area contributed by atoms with Crippen molar-refractivity contribution < 1.29 is 9.84 Å². The molecule has 1 aromatic heterocycles. The minimum absolute atomic E-state index is 0.531. The number of hydrogen-bond donors (Lipinski definition) is 1. The van der Waals surface area contributed by atoms with Gasteiger partial charge in [-0.1, -0.05) is 24.6 Å². The summed E-state index contributed by atoms with van der Waals surface area (Å²) in [5, 5.41) is 10.2. The number of rotatable bonds is 4. The van der Waals surface area contributed by atoms with Crippen molar-refractivity contribution in [2.24, 2.45) is 0 Å². The van der Waals surface area contributed by atoms with E-state index in [-0.39, 0.29) is 0 Å². The monoisotopic (exact) mass is 277 g/mol. The number of benzene rings is 1. The van der Waals surface area contributed by atoms with E-state index in [4.69, 9.17) is 16.3 Å². The largest absolute Gasteiger partial charge is 0.454 e. The number of aliphatic hydroxyl groups excluding tert-OH is 1. The lowest BCUT2D eigenvalue weighted by Gasteiger charge is -2.10. The second-order valence-electron chi connectivity index (χ2n) is 4.38. The second-order valence-corrected chi connectivity index (χ2v) is 4.79. The average Bonchev–Trinajstić information content (AvgIpc) is 2.43. The first-order valence-corrected chi connectivity index (χ1v) is 6.56. The van der Waals surface area contributed by atoms with Gasteiger partial charge in [0.1, 0.15) is 11.5 Å². The number of hydrogen-bond acceptors (Lipinski definition) is 3. The standard InChI is InChI=1S/C15H16ClNO2/c1-3-14(18)13-7-5-11(9-17-13)19-15-8-10(2)4-6-12(15)16/h4-9,14,18H,3H2,1-2H3/t14-/m0/s1. The maximum atomic E-state index is 9.67. The normalized spacial score (nSPS) is 12.2. The maximum Gasteiger partial charge on any atom is 0.146 e. The van der Waals surface area contributed by atoms with Crippen LogP contribution in [0.4, 0.5) is 0 Å². The van der Waals surface area contributed by atoms with Crippen LogP contribution in [0, 0.1) is 6.92 Å². The number of pyridine rings is 1. The van der Waals surface area contributed by atoms with Crippen LogP contribution in [0.1, 0.15) is 30.7 Å². The first kappa shape index (κ1) is 13.8. The number of nitrogens with zero attached hydrogens (tertiary/aromatic N) is 1. The Balaban J connectivity index is 2.17. The molecule has 0 spiro atoms. The van der Waals surface area contributed by atoms with Crippen LogP contribution >= 0.6 is 11.6 Å². The molecular formula is C15H16ClNO2. The highest BCUT2D eigenvalue weighted by atomic mass is 35.5. The Hall–Kier alpha value is -1.58. The molecule has 0 aliphatic heterocycles. The van der Waals surface area contributed by atoms with Gasteiger partial charge in [-0.2, -0.15) is 0 Å². The molecule has 0 aliphatic carbocycles. The number of aromatic nitrogens is 1. The average molecular weight is 278 g/mol. The zero-order valence-corrected chi connectivity index (χ0v) is 11.7. The first-order chi connectivity index (χ1) is 9.10. The summed E-state index contributed by atoms with van der Waals surface area (Å²) in [7, 11) is 0. The van der Waals surface area contributed by atoms with Gasteiger partial charge in [0, 0.05) is 0 Å². The lowest BCUT2D eigenvalue weighted by Crippen LogP contribution is -1.98. The molecule has 19 heavy (non-hydrogen) atoms. The maximum absolute atomic E-state index is 9.67. The molecule has 1 atom stereocenters. The van der Waals surface area contributed by atoms with Gasteiger partial charge in [0.05, 0.1) is 23.0 Å². The van der Waals surface area contributed by atoms with Gasteiger partial charge in [-0.15, -0.1) is 0 Å². The van der Waals surface area contributed by atoms with Crippen molar-refractivity contribution in [1.29, 1.82) is 0 Å². The van der Waals surface area contributed by atoms with E-state index in [1.165, 1.54) is 0 Å². The van der Waals surface area contributed by atoms with Crippen molar-refractivity contribution in [3.63, 3.8) is 0 Å². The molecule has 4 heteroatoms. The van der Waals surface area contributed by atoms with Gasteiger partial charge >= 0.3 is 0 Å². The Bertz CT molecular complexity index is 555. The summed E-state index contributed by atoms with van der Waals surface area (Å²) in [5.41, 5.74) is 1.72. The van der Waals surface area contributed by atoms with Gasteiger partial charge in [0.25, 0.3) is 0 Å². The van der Waals surface area contributed by atoms with Crippen LogP contribution in [-0.2, 0) is 0 Å². The fourth-order valence-corrected chi connectivity index (χ4v) is 1.83. The van der Waals surface area contributed by atoms with Crippen molar-refractivity contribution in [2.75, 3.05) is 0 Å². The molecule has 0 radical (unpaired) electrons. The van der Waals surface area contributed by atoms with E-state index >= 15 is 0 Å². The minimum atomic E-state index is -0.531. The van der Waals surface area contributed by atoms with E-state index in [0.29, 0.717) is 28.6 Å². The minimum Gasteiger partial charge on any atom is -0.454 e. The third kappa shape index (κ3) is 3.46. The second kappa shape index (κ2) is 6.04. The third-order valence-electron chi connectivity index (χ3n) is 2.80. The predicted molar refractivity (Wildman–Crippen MR) is 75.8 cm³/mol. The molecule has 0 saturated carbocycles. The van der Waals surface area contributed by atoms with Crippen LogP contribution < -0.4 is 4.74 Å². The highest BCUT2D eigenvalue weighted by Gasteiger charge is 2.08. The zero-order chi connectivity index (χ0) is 13.8. The smallest absolute Gasteiger partial charge is 0.146 e. The van der Waals surface area contributed by atoms with Crippen LogP contribution in [0.25, 0.3) is 0 Å². The molecule has 1 aromatic carbocycles. The Morgan fingerprint density at radius 3 is 2.74 bits per heavy atom. The molecule has 2 rings (SSSR count). The fraction of sp³-hybridized carbons (Fsp3) is 0.267. The first-order valence-electron chi connectivity index (χ1n) is 6.18. The molecule has 3 nitrogen and oxygen atoms in total. The van der Waals surface area contributed by atoms with E-state index < -0.39 is 6.10 Å². The Morgan fingerprint density at radius 1 is 1.32 bits per heavy atom. The molecule has 0 aliphatic rings. The number of halogens is 1. The van der Waals surface area contributed by atoms with Crippen LogP contribution in [0.15, 0.2) is 36.5 Å². The molecule has 1 heterocycles. The van der Waals surface area contributed by atoms with Crippen molar-refractivity contribution in [1.82, 2.24) is 4.98 Å². The van der Waals surface area contributed by atoms with Crippen molar-refractivity contribution in [2.45, 2.75) is 26.4 Å². The molecule has 0 fully saturated rings. The molecule has 1 N–H and O–H groups in total. The van der Waals surface area contributed by atoms with E-state index in [9.17, 15) is 5.11 Å². The van der Waals surface area contributed by atoms with Crippen LogP contribution in [0.2, 0.25) is 5.02 Å². The molecule has 0 bridgehead atoms. The Labute approximate surface area is 117 Å². The van der Waals surface area contributed by atoms with Gasteiger partial charge < -0.3 is 9.84 Å². The highest BCUT2D eigenvalue weighted by Crippen LogP contribution is 2.30. The van der Waals surface area contributed by atoms with E-state index in [2.05, 4.69) is 4.98 Å². The number of aliphatic hydroxyl groups is 1. The lowest BCUT2D eigenvalue weighted by atomic mass is 10.2. The third-order valence-corrected chi connectivity index (χ3v) is 3.11. The molecule has 100 valence electrons. The quantitative estimate of drug-likeness (QED) is 0.907. The van der Waals surface area contributed by atoms with E-state index in [1.54, 1.807) is 24.4 Å². The van der Waals surface area contributed by atoms with E-state index in [1.807, 2.05) is 26.0 Å². The summed E-state index contributed by atoms with van der Waals surface area (Å²) in [6.07, 6.45) is 1.70. The van der Waals surface area contributed by atoms with Gasteiger partial charge in [0.2, 0.25) is 0 Å². The van der Waals surface area contributed by atoms with Gasteiger partial charge in [-0.05, 0) is 43.2 Å². The van der Waals surface area contributed by atoms with E-state index in [0.717, 1.165) is 5.56 Å². The molecule has 0 saturated heterocycles. The zero-order valence-electron chi connectivity index (χ0n) is 10.9. The summed E-state index contributed by atoms with van der Waals surface area (Å²) in [4.78, 5) is 4.18. The fourth-order valence-electron chi connectivity index (χ4n) is 1.67. The molecular weight excluding hydrogens is 262 g/mol. The molecule has 0 amide bonds. The van der Waals surface area contributed by atoms with Gasteiger partial charge in [0.15, 0.2) is 0 Å². The molecule has 2 aromatic rings. The van der Waals surface area contributed by atoms with Crippen LogP contribution in [0.5, 0.6) is 11.5 Å². The summed E-state index contributed by atoms with van der Waals surface area (Å²) < 4.78 is 5.68. The summed E-state index contributed by atoms with van der Waals surface area (Å²) >= 11 is 6.06. The Morgan fingerprint density at radius 2 is 2.11 bits per heavy atom. The summed E-state index contributed by atoms with van der Waals surface area (Å²) in [6, 6.07) is 9.13. The van der Waals surface area contributed by atoms with Crippen molar-refractivity contribution in [3.05, 3.63) is 52.8 Å². The van der Waals surface area contributed by atoms with Gasteiger partial charge in [-0.25, -0.2) is 0 Å². The predicted octanol–water partition coefficient (Wildman–Crippen LogP) is 4.28. The van der Waals surface area contributed by atoms with Crippen molar-refractivity contribution >= 4 is 11.6 Å². The molecule has 0 unspecified atom stereocenters. The number of ether oxygens (including phenoxy) is 1. The van der Waals surface area contributed by atoms with Crippen LogP contribution in [-0.4, -0.2) is 10.1 Å². The van der Waals surface area contributed by atoms with Crippen molar-refractivity contribution in [3.8, 4) is 11.5 Å². The Kier molecular flexibility index (Phi) is 4.40. The highest BCUT2D eigenvalue weighted by molar-refractivity contribution is 6.32. The van der Waals surface area contributed by atoms with Gasteiger partial charge in [-0.3, -0.25) is 4.98 Å². The number of aryl methyl sites for hydroxylation is 1. The summed E-state index contributed by atoms with van der Waals surface area (Å²) in [6.45, 7) is 3.88. The SMILES string of the molecule is CC[C@H](O)c1ccc(Oc2cc(C)ccc2Cl)cn1.